The molecule has 0 aliphatic rings. The van der Waals surface area contributed by atoms with Gasteiger partial charge in [0.15, 0.2) is 0 Å². The van der Waals surface area contributed by atoms with E-state index in [1.807, 2.05) is 0 Å². The van der Waals surface area contributed by atoms with Gasteiger partial charge in [-0.1, -0.05) is 77.4 Å². The standard InChI is InChI=1S/C43H58ClN5O7/c1-40(2,3)27-49(25-28-15-14-16-30(23-28)41(4,5)6)26-35(50)48(13)34-22-21-32(24-33(34)44)54-36(51)29-17-19-31(20-18-29)45-37(46-38(52)55-42(7,8)9)47-39(53)56-43(10,11)12/h14-24H,25-27H2,1-13H3,(H2,45,46,47,52,53). The molecule has 3 amide bonds. The van der Waals surface area contributed by atoms with E-state index in [0.29, 0.717) is 24.5 Å². The molecule has 0 aliphatic carbocycles. The van der Waals surface area contributed by atoms with Gasteiger partial charge in [-0.2, -0.15) is 0 Å². The SMILES string of the molecule is CN(C(=O)CN(Cc1cccc(C(C)(C)C)c1)CC(C)(C)C)c1ccc(OC(=O)c2ccc(N/C(=N\C(=O)OC(C)(C)C)NC(=O)OC(C)(C)C)cc2)cc1Cl. The van der Waals surface area contributed by atoms with Crippen LogP contribution in [0.15, 0.2) is 71.7 Å². The fourth-order valence-corrected chi connectivity index (χ4v) is 5.64. The van der Waals surface area contributed by atoms with Crippen LogP contribution in [0.1, 0.15) is 105 Å². The number of carbonyl (C=O) groups is 4. The Morgan fingerprint density at radius 3 is 1.96 bits per heavy atom. The predicted molar refractivity (Wildman–Crippen MR) is 223 cm³/mol. The van der Waals surface area contributed by atoms with Crippen LogP contribution in [0.4, 0.5) is 21.0 Å². The second-order valence-corrected chi connectivity index (χ2v) is 18.3. The first kappa shape index (κ1) is 45.4. The molecule has 56 heavy (non-hydrogen) atoms. The van der Waals surface area contributed by atoms with E-state index in [1.165, 1.54) is 28.7 Å². The highest BCUT2D eigenvalue weighted by Crippen LogP contribution is 2.31. The molecule has 0 fully saturated rings. The molecule has 0 unspecified atom stereocenters. The van der Waals surface area contributed by atoms with E-state index in [1.54, 1.807) is 72.9 Å². The Bertz CT molecular complexity index is 1900. The molecular formula is C43H58ClN5O7. The fraction of sp³-hybridized carbons (Fsp3) is 0.465. The quantitative estimate of drug-likeness (QED) is 0.0939. The smallest absolute Gasteiger partial charge is 0.437 e. The predicted octanol–water partition coefficient (Wildman–Crippen LogP) is 9.60. The zero-order valence-electron chi connectivity index (χ0n) is 35.0. The number of ether oxygens (including phenoxy) is 3. The van der Waals surface area contributed by atoms with Crippen molar-refractivity contribution in [2.75, 3.05) is 30.4 Å². The third-order valence-corrected chi connectivity index (χ3v) is 8.02. The van der Waals surface area contributed by atoms with Gasteiger partial charge >= 0.3 is 18.2 Å². The maximum atomic E-state index is 13.6. The van der Waals surface area contributed by atoms with E-state index in [2.05, 4.69) is 86.3 Å². The molecule has 0 heterocycles. The maximum absolute atomic E-state index is 13.6. The Balaban J connectivity index is 1.70. The zero-order chi connectivity index (χ0) is 42.2. The molecule has 0 bridgehead atoms. The first-order valence-electron chi connectivity index (χ1n) is 18.5. The van der Waals surface area contributed by atoms with Gasteiger partial charge in [0.1, 0.15) is 17.0 Å². The maximum Gasteiger partial charge on any atom is 0.437 e. The Morgan fingerprint density at radius 1 is 0.786 bits per heavy atom. The normalized spacial score (nSPS) is 12.5. The number of halogens is 1. The molecule has 3 aromatic carbocycles. The summed E-state index contributed by atoms with van der Waals surface area (Å²) < 4.78 is 16.1. The van der Waals surface area contributed by atoms with E-state index in [9.17, 15) is 19.2 Å². The number of nitrogens with zero attached hydrogens (tertiary/aromatic N) is 3. The number of guanidine groups is 1. The molecule has 3 rings (SSSR count). The Labute approximate surface area is 336 Å². The highest BCUT2D eigenvalue weighted by molar-refractivity contribution is 6.34. The van der Waals surface area contributed by atoms with Gasteiger partial charge in [0.25, 0.3) is 0 Å². The third-order valence-electron chi connectivity index (χ3n) is 7.72. The molecule has 0 spiro atoms. The second-order valence-electron chi connectivity index (χ2n) is 17.9. The molecule has 0 aliphatic heterocycles. The minimum atomic E-state index is -0.934. The van der Waals surface area contributed by atoms with Crippen LogP contribution in [0.5, 0.6) is 5.75 Å². The minimum Gasteiger partial charge on any atom is -0.444 e. The van der Waals surface area contributed by atoms with E-state index in [-0.39, 0.29) is 45.6 Å². The summed E-state index contributed by atoms with van der Waals surface area (Å²) in [6.07, 6.45) is -1.77. The van der Waals surface area contributed by atoms with Crippen LogP contribution >= 0.6 is 11.6 Å². The average molecular weight is 792 g/mol. The second kappa shape index (κ2) is 18.3. The van der Waals surface area contributed by atoms with Crippen LogP contribution < -0.4 is 20.3 Å². The van der Waals surface area contributed by atoms with Crippen LogP contribution in [0.2, 0.25) is 5.02 Å². The molecule has 3 aromatic rings. The van der Waals surface area contributed by atoms with Crippen LogP contribution in [0, 0.1) is 5.41 Å². The molecule has 2 N–H and O–H groups in total. The molecule has 0 aromatic heterocycles. The fourth-order valence-electron chi connectivity index (χ4n) is 5.34. The van der Waals surface area contributed by atoms with Crippen molar-refractivity contribution in [3.63, 3.8) is 0 Å². The lowest BCUT2D eigenvalue weighted by atomic mass is 9.86. The van der Waals surface area contributed by atoms with Crippen LogP contribution in [-0.4, -0.2) is 66.3 Å². The number of anilines is 2. The van der Waals surface area contributed by atoms with Crippen molar-refractivity contribution >= 4 is 53.0 Å². The molecular weight excluding hydrogens is 734 g/mol. The number of esters is 1. The lowest BCUT2D eigenvalue weighted by Crippen LogP contribution is -2.41. The average Bonchev–Trinajstić information content (AvgIpc) is 3.02. The Kier molecular flexibility index (Phi) is 14.9. The number of aliphatic imine (C=N–C) groups is 1. The molecule has 304 valence electrons. The van der Waals surface area contributed by atoms with Crippen molar-refractivity contribution in [2.45, 2.75) is 106 Å². The van der Waals surface area contributed by atoms with Gasteiger partial charge in [-0.3, -0.25) is 15.0 Å². The largest absolute Gasteiger partial charge is 0.444 e. The summed E-state index contributed by atoms with van der Waals surface area (Å²) in [5.41, 5.74) is 1.80. The topological polar surface area (TPSA) is 139 Å². The Morgan fingerprint density at radius 2 is 1.41 bits per heavy atom. The number of likely N-dealkylation sites (N-methyl/N-ethyl adjacent to an activating group) is 1. The number of nitrogens with one attached hydrogen (secondary N) is 2. The molecule has 0 radical (unpaired) electrons. The summed E-state index contributed by atoms with van der Waals surface area (Å²) in [5.74, 6) is -0.849. The first-order valence-corrected chi connectivity index (χ1v) is 18.8. The first-order chi connectivity index (χ1) is 25.7. The number of hydrogen-bond donors (Lipinski definition) is 2. The number of alkyl carbamates (subject to hydrolysis) is 1. The summed E-state index contributed by atoms with van der Waals surface area (Å²) in [4.78, 5) is 59.1. The van der Waals surface area contributed by atoms with Crippen LogP contribution in [0.3, 0.4) is 0 Å². The summed E-state index contributed by atoms with van der Waals surface area (Å²) in [6, 6.07) is 19.3. The van der Waals surface area contributed by atoms with Gasteiger partial charge in [0.2, 0.25) is 11.9 Å². The van der Waals surface area contributed by atoms with Crippen molar-refractivity contribution in [1.29, 1.82) is 0 Å². The lowest BCUT2D eigenvalue weighted by molar-refractivity contribution is -0.119. The summed E-state index contributed by atoms with van der Waals surface area (Å²) >= 11 is 6.65. The van der Waals surface area contributed by atoms with Gasteiger partial charge in [-0.25, -0.2) is 14.4 Å². The third kappa shape index (κ3) is 15.7. The minimum absolute atomic E-state index is 0.00945. The summed E-state index contributed by atoms with van der Waals surface area (Å²) in [5, 5.41) is 5.49. The molecule has 0 saturated heterocycles. The van der Waals surface area contributed by atoms with Gasteiger partial charge in [0, 0.05) is 31.9 Å². The molecule has 13 heteroatoms. The highest BCUT2D eigenvalue weighted by Gasteiger charge is 2.24. The van der Waals surface area contributed by atoms with Gasteiger partial charge in [0.05, 0.1) is 22.8 Å². The summed E-state index contributed by atoms with van der Waals surface area (Å²) in [6.45, 7) is 24.6. The number of benzene rings is 3. The van der Waals surface area contributed by atoms with E-state index >= 15 is 0 Å². The molecule has 0 atom stereocenters. The molecule has 12 nitrogen and oxygen atoms in total. The lowest BCUT2D eigenvalue weighted by Gasteiger charge is -2.31. The van der Waals surface area contributed by atoms with Gasteiger partial charge < -0.3 is 24.4 Å². The molecule has 0 saturated carbocycles. The van der Waals surface area contributed by atoms with Crippen LogP contribution in [-0.2, 0) is 26.2 Å². The number of carbonyl (C=O) groups excluding carboxylic acids is 4. The Hall–Kier alpha value is -4.94. The monoisotopic (exact) mass is 791 g/mol. The van der Waals surface area contributed by atoms with Crippen molar-refractivity contribution in [3.05, 3.63) is 88.4 Å². The number of hydrogen-bond acceptors (Lipinski definition) is 8. The van der Waals surface area contributed by atoms with Crippen LogP contribution in [0.25, 0.3) is 0 Å². The zero-order valence-corrected chi connectivity index (χ0v) is 35.8. The van der Waals surface area contributed by atoms with Crippen molar-refractivity contribution in [1.82, 2.24) is 10.2 Å². The number of amides is 3. The van der Waals surface area contributed by atoms with E-state index in [0.717, 1.165) is 5.56 Å². The number of rotatable bonds is 9. The van der Waals surface area contributed by atoms with Gasteiger partial charge in [-0.05, 0) is 99.9 Å². The van der Waals surface area contributed by atoms with Gasteiger partial charge in [-0.15, -0.1) is 4.99 Å². The van der Waals surface area contributed by atoms with Crippen molar-refractivity contribution < 1.29 is 33.4 Å². The summed E-state index contributed by atoms with van der Waals surface area (Å²) in [7, 11) is 1.67. The van der Waals surface area contributed by atoms with Crippen molar-refractivity contribution in [2.24, 2.45) is 10.4 Å². The highest BCUT2D eigenvalue weighted by atomic mass is 35.5. The van der Waals surface area contributed by atoms with E-state index in [4.69, 9.17) is 25.8 Å². The van der Waals surface area contributed by atoms with E-state index < -0.39 is 29.4 Å². The van der Waals surface area contributed by atoms with Crippen molar-refractivity contribution in [3.8, 4) is 5.75 Å².